The van der Waals surface area contributed by atoms with E-state index < -0.39 is 77.7 Å². The van der Waals surface area contributed by atoms with Crippen LogP contribution in [0.3, 0.4) is 0 Å². The van der Waals surface area contributed by atoms with E-state index in [1.165, 1.54) is 42.0 Å². The van der Waals surface area contributed by atoms with Crippen LogP contribution in [0.4, 0.5) is 22.8 Å². The third kappa shape index (κ3) is 18.2. The molecule has 6 rings (SSSR count). The normalized spacial score (nSPS) is 28.9. The summed E-state index contributed by atoms with van der Waals surface area (Å²) < 4.78 is 58.6. The maximum absolute atomic E-state index is 14.0. The summed E-state index contributed by atoms with van der Waals surface area (Å²) in [7, 11) is 3.18. The van der Waals surface area contributed by atoms with Gasteiger partial charge in [0.15, 0.2) is 6.10 Å². The molecular formula is C58H85F3N8O12S. The van der Waals surface area contributed by atoms with Crippen LogP contribution in [0.15, 0.2) is 70.4 Å². The Labute approximate surface area is 483 Å². The number of thioether (sulfide) groups is 1. The Morgan fingerprint density at radius 3 is 2.41 bits per heavy atom. The number of unbranched alkanes of at least 4 members (excludes halogenated alkanes) is 2. The zero-order valence-corrected chi connectivity index (χ0v) is 49.2. The molecule has 0 aliphatic carbocycles. The molecule has 0 aromatic heterocycles. The lowest BCUT2D eigenvalue weighted by molar-refractivity contribution is -0.166. The first-order chi connectivity index (χ1) is 38.7. The first kappa shape index (κ1) is 65.6. The van der Waals surface area contributed by atoms with Gasteiger partial charge in [-0.05, 0) is 101 Å². The van der Waals surface area contributed by atoms with E-state index in [4.69, 9.17) is 14.2 Å². The molecule has 0 radical (unpaired) electrons. The van der Waals surface area contributed by atoms with Gasteiger partial charge in [0.2, 0.25) is 11.8 Å². The maximum atomic E-state index is 14.0. The predicted octanol–water partition coefficient (Wildman–Crippen LogP) is 6.98. The number of hydrogen-bond donors (Lipinski definition) is 7. The van der Waals surface area contributed by atoms with Gasteiger partial charge in [0.1, 0.15) is 17.7 Å². The number of halogens is 3. The van der Waals surface area contributed by atoms with E-state index in [9.17, 15) is 57.3 Å². The number of allylic oxidation sites excluding steroid dienone is 3. The number of benzene rings is 1. The van der Waals surface area contributed by atoms with Gasteiger partial charge >= 0.3 is 29.9 Å². The van der Waals surface area contributed by atoms with Gasteiger partial charge < -0.3 is 60.6 Å². The van der Waals surface area contributed by atoms with E-state index in [1.807, 2.05) is 57.7 Å². The molecule has 0 bridgehead atoms. The number of cyclic esters (lactones) is 1. The molecule has 3 fully saturated rings. The third-order valence-electron chi connectivity index (χ3n) is 16.3. The molecule has 10 unspecified atom stereocenters. The van der Waals surface area contributed by atoms with Crippen LogP contribution >= 0.6 is 11.8 Å². The van der Waals surface area contributed by atoms with Crippen LogP contribution in [-0.2, 0) is 34.3 Å². The lowest BCUT2D eigenvalue weighted by atomic mass is 9.88. The summed E-state index contributed by atoms with van der Waals surface area (Å²) in [5.74, 6) is -1.33. The number of esters is 1. The van der Waals surface area contributed by atoms with E-state index >= 15 is 0 Å². The zero-order valence-electron chi connectivity index (χ0n) is 48.4. The molecule has 5 heterocycles. The molecule has 3 saturated heterocycles. The number of rotatable bonds is 26. The van der Waals surface area contributed by atoms with E-state index in [0.29, 0.717) is 37.7 Å². The van der Waals surface area contributed by atoms with Gasteiger partial charge in [0.05, 0.1) is 42.9 Å². The van der Waals surface area contributed by atoms with Crippen LogP contribution < -0.4 is 21.3 Å². The summed E-state index contributed by atoms with van der Waals surface area (Å²) in [6.07, 6.45) is 4.34. The molecule has 5 aliphatic rings. The number of epoxide rings is 1. The number of ether oxygens (including phenoxy) is 3. The van der Waals surface area contributed by atoms with Crippen molar-refractivity contribution in [3.8, 4) is 0 Å². The second kappa shape index (κ2) is 29.3. The molecule has 1 aromatic rings. The molecule has 5 aliphatic heterocycles. The quantitative estimate of drug-likeness (QED) is 0.0123. The number of aliphatic hydroxyl groups is 3. The van der Waals surface area contributed by atoms with Crippen molar-refractivity contribution in [1.82, 2.24) is 31.1 Å². The topological polar surface area (TPSA) is 273 Å². The summed E-state index contributed by atoms with van der Waals surface area (Å²) >= 11 is 1.81. The van der Waals surface area contributed by atoms with Crippen molar-refractivity contribution in [2.45, 2.75) is 196 Å². The first-order valence-corrected chi connectivity index (χ1v) is 29.8. The molecule has 1 aromatic carbocycles. The number of hydrogen-bond acceptors (Lipinski definition) is 15. The van der Waals surface area contributed by atoms with Crippen molar-refractivity contribution in [2.75, 3.05) is 39.5 Å². The van der Waals surface area contributed by atoms with Crippen molar-refractivity contribution in [2.24, 2.45) is 28.0 Å². The van der Waals surface area contributed by atoms with E-state index in [2.05, 4.69) is 38.4 Å². The fourth-order valence-electron chi connectivity index (χ4n) is 10.7. The van der Waals surface area contributed by atoms with E-state index in [0.717, 1.165) is 37.1 Å². The number of likely N-dealkylation sites (N-methyl/N-ethyl adjacent to an activating group) is 2. The molecule has 14 atom stereocenters. The minimum atomic E-state index is -4.76. The Bertz CT molecular complexity index is 2490. The number of urea groups is 1. The SMILES string of the molecule is CCC(O)C(C)C1OC1CC(C)/C=C\C=C(\C)C1OC(=O)CC(O)CCC(C)(O)C(OC(=O)NCCCC[C@H](NC(=O)c2ccc(C3(C(F)(F)F)N=N3)cc2)C(=O)N(C)CCN(C)C(=O)CCCC[C@@H]2SC[C@@H]3NC(=O)N[C@@H]32)/C=C\C1C. The van der Waals surface area contributed by atoms with Crippen LogP contribution in [-0.4, -0.2) is 172 Å². The summed E-state index contributed by atoms with van der Waals surface area (Å²) in [6, 6.07) is 3.55. The highest BCUT2D eigenvalue weighted by Gasteiger charge is 2.65. The number of alkyl halides is 3. The molecule has 456 valence electrons. The molecular weight excluding hydrogens is 1090 g/mol. The van der Waals surface area contributed by atoms with Gasteiger partial charge in [-0.3, -0.25) is 19.2 Å². The highest BCUT2D eigenvalue weighted by atomic mass is 32.2. The van der Waals surface area contributed by atoms with Crippen molar-refractivity contribution in [3.63, 3.8) is 0 Å². The highest BCUT2D eigenvalue weighted by Crippen LogP contribution is 2.52. The van der Waals surface area contributed by atoms with Crippen LogP contribution in [0.5, 0.6) is 0 Å². The first-order valence-electron chi connectivity index (χ1n) is 28.7. The number of amides is 6. The lowest BCUT2D eigenvalue weighted by Gasteiger charge is -2.32. The monoisotopic (exact) mass is 1170 g/mol. The number of aliphatic hydroxyl groups excluding tert-OH is 2. The third-order valence-corrected chi connectivity index (χ3v) is 17.8. The molecule has 0 spiro atoms. The number of carbonyl (C=O) groups excluding carboxylic acids is 6. The maximum Gasteiger partial charge on any atom is 0.442 e. The van der Waals surface area contributed by atoms with Gasteiger partial charge in [-0.15, -0.1) is 10.2 Å². The Morgan fingerprint density at radius 1 is 1.02 bits per heavy atom. The van der Waals surface area contributed by atoms with Gasteiger partial charge in [0.25, 0.3) is 5.91 Å². The Kier molecular flexibility index (Phi) is 23.4. The highest BCUT2D eigenvalue weighted by molar-refractivity contribution is 8.00. The molecule has 24 heteroatoms. The molecule has 6 amide bonds. The standard InChI is InChI=1S/C58H85F3N8O12S/c1-9-43(71)37(5)51-44(79-51)31-34(2)15-14-16-35(3)50-36(4)20-25-46(56(6,78)27-26-40(70)32-48(73)81-50)80-55(77)62-28-13-12-17-41(63-52(74)38-21-23-39(24-22-38)57(66-67-57)58(59,60)61)53(75)69(8)30-29-68(7)47(72)19-11-10-18-45-49-42(33-82-45)64-54(76)65-49/h14-16,20-25,34,36-37,40-46,49-51,70-71,78H,9-13,17-19,26-33H2,1-8H3,(H,62,77)(H,63,74)(H2,64,65,76)/b15-14-,25-20-,35-16-/t34?,36?,37?,40?,41-,42-,43?,44?,45-,46?,49-,50?,51?,56?/m0/s1. The minimum Gasteiger partial charge on any atom is -0.457 e. The van der Waals surface area contributed by atoms with Gasteiger partial charge in [-0.2, -0.15) is 24.9 Å². The summed E-state index contributed by atoms with van der Waals surface area (Å²) in [4.78, 5) is 81.9. The second-order valence-electron chi connectivity index (χ2n) is 23.1. The zero-order chi connectivity index (χ0) is 60.1. The largest absolute Gasteiger partial charge is 0.457 e. The van der Waals surface area contributed by atoms with Crippen molar-refractivity contribution in [1.29, 1.82) is 0 Å². The van der Waals surface area contributed by atoms with Gasteiger partial charge in [0, 0.05) is 74.1 Å². The van der Waals surface area contributed by atoms with Crippen LogP contribution in [0.2, 0.25) is 0 Å². The number of fused-ring (bicyclic) bond motifs is 1. The summed E-state index contributed by atoms with van der Waals surface area (Å²) in [6.45, 7) is 11.5. The Morgan fingerprint density at radius 2 is 1.73 bits per heavy atom. The van der Waals surface area contributed by atoms with Crippen molar-refractivity contribution in [3.05, 3.63) is 71.3 Å². The minimum absolute atomic E-state index is 0.00484. The predicted molar refractivity (Wildman–Crippen MR) is 301 cm³/mol. The smallest absolute Gasteiger partial charge is 0.442 e. The van der Waals surface area contributed by atoms with Crippen LogP contribution in [0, 0.1) is 17.8 Å². The van der Waals surface area contributed by atoms with E-state index in [-0.39, 0.29) is 110 Å². The number of alkyl carbamates (subject to hydrolysis) is 1. The molecule has 7 N–H and O–H groups in total. The second-order valence-corrected chi connectivity index (χ2v) is 24.3. The summed E-state index contributed by atoms with van der Waals surface area (Å²) in [5, 5.41) is 50.7. The van der Waals surface area contributed by atoms with Gasteiger partial charge in [-0.1, -0.05) is 70.6 Å². The van der Waals surface area contributed by atoms with Crippen LogP contribution in [0.25, 0.3) is 0 Å². The fourth-order valence-corrected chi connectivity index (χ4v) is 12.2. The molecule has 82 heavy (non-hydrogen) atoms. The summed E-state index contributed by atoms with van der Waals surface area (Å²) in [5.41, 5.74) is -3.92. The average molecular weight is 1180 g/mol. The molecule has 20 nitrogen and oxygen atoms in total. The average Bonchev–Trinajstić information content (AvgIpc) is 3.28. The lowest BCUT2D eigenvalue weighted by Crippen LogP contribution is -2.49. The fraction of sp³-hybridized carbons (Fsp3) is 0.690. The number of carbonyl (C=O) groups is 6. The van der Waals surface area contributed by atoms with Crippen LogP contribution in [0.1, 0.15) is 135 Å². The Balaban J connectivity index is 1.02. The molecule has 0 saturated carbocycles. The van der Waals surface area contributed by atoms with Crippen molar-refractivity contribution >= 4 is 47.6 Å². The Hall–Kier alpha value is -5.56. The number of nitrogens with one attached hydrogen (secondary N) is 4. The van der Waals surface area contributed by atoms with Gasteiger partial charge in [-0.25, -0.2) is 9.59 Å². The van der Waals surface area contributed by atoms with Crippen molar-refractivity contribution < 1.29 is 71.5 Å². The number of nitrogens with zero attached hydrogens (tertiary/aromatic N) is 4. The van der Waals surface area contributed by atoms with E-state index in [1.54, 1.807) is 13.1 Å².